The summed E-state index contributed by atoms with van der Waals surface area (Å²) in [6.07, 6.45) is 4.40. The van der Waals surface area contributed by atoms with Crippen LogP contribution in [0.5, 0.6) is 0 Å². The van der Waals surface area contributed by atoms with Gasteiger partial charge in [-0.15, -0.1) is 0 Å². The summed E-state index contributed by atoms with van der Waals surface area (Å²) in [5, 5.41) is 7.29. The largest absolute Gasteiger partial charge is 0.448 e. The van der Waals surface area contributed by atoms with Gasteiger partial charge in [0.1, 0.15) is 12.6 Å². The number of nitrogens with two attached hydrogens (primary N) is 1. The topological polar surface area (TPSA) is 140 Å². The summed E-state index contributed by atoms with van der Waals surface area (Å²) in [7, 11) is 1.42. The molecule has 0 aliphatic carbocycles. The van der Waals surface area contributed by atoms with Crippen LogP contribution in [0, 0.1) is 0 Å². The van der Waals surface area contributed by atoms with E-state index in [1.165, 1.54) is 7.05 Å². The highest BCUT2D eigenvalue weighted by atomic mass is 16.5. The average Bonchev–Trinajstić information content (AvgIpc) is 2.57. The monoisotopic (exact) mass is 358 g/mol. The molecule has 0 aromatic rings. The van der Waals surface area contributed by atoms with Gasteiger partial charge in [-0.2, -0.15) is 0 Å². The summed E-state index contributed by atoms with van der Waals surface area (Å²) in [4.78, 5) is 45.9. The number of primary amides is 1. The highest BCUT2D eigenvalue weighted by Gasteiger charge is 2.22. The Kier molecular flexibility index (Phi) is 12.8. The summed E-state index contributed by atoms with van der Waals surface area (Å²) >= 11 is 0. The Labute approximate surface area is 148 Å². The third-order valence-electron chi connectivity index (χ3n) is 3.40. The minimum Gasteiger partial charge on any atom is -0.448 e. The fraction of sp³-hybridized carbons (Fsp3) is 0.750. The van der Waals surface area contributed by atoms with Crippen molar-refractivity contribution >= 4 is 23.8 Å². The predicted octanol–water partition coefficient (Wildman–Crippen LogP) is 0.179. The molecule has 0 spiro atoms. The lowest BCUT2D eigenvalue weighted by Gasteiger charge is -2.17. The molecule has 1 atom stereocenters. The van der Waals surface area contributed by atoms with Gasteiger partial charge in [-0.05, 0) is 6.42 Å². The number of amides is 4. The van der Waals surface area contributed by atoms with E-state index in [9.17, 15) is 19.2 Å². The second-order valence-corrected chi connectivity index (χ2v) is 5.63. The van der Waals surface area contributed by atoms with E-state index in [1.807, 2.05) is 0 Å². The number of unbranched alkanes of at least 4 members (excludes halogenated alkanes) is 4. The van der Waals surface area contributed by atoms with Crippen LogP contribution in [-0.4, -0.2) is 50.1 Å². The van der Waals surface area contributed by atoms with Crippen LogP contribution in [0.25, 0.3) is 0 Å². The fourth-order valence-corrected chi connectivity index (χ4v) is 2.08. The molecular weight excluding hydrogens is 328 g/mol. The minimum absolute atomic E-state index is 0.0277. The van der Waals surface area contributed by atoms with Crippen molar-refractivity contribution in [2.45, 2.75) is 57.9 Å². The quantitative estimate of drug-likeness (QED) is 0.348. The summed E-state index contributed by atoms with van der Waals surface area (Å²) < 4.78 is 4.73. The Morgan fingerprint density at radius 2 is 1.76 bits per heavy atom. The smallest absolute Gasteiger partial charge is 0.406 e. The van der Waals surface area contributed by atoms with Gasteiger partial charge in [0.2, 0.25) is 17.7 Å². The molecule has 1 unspecified atom stereocenters. The van der Waals surface area contributed by atoms with Gasteiger partial charge in [0.15, 0.2) is 0 Å². The van der Waals surface area contributed by atoms with Crippen molar-refractivity contribution < 1.29 is 23.9 Å². The number of hydrogen-bond acceptors (Lipinski definition) is 5. The first-order chi connectivity index (χ1) is 11.9. The first-order valence-corrected chi connectivity index (χ1v) is 8.60. The number of ether oxygens (including phenoxy) is 1. The van der Waals surface area contributed by atoms with Gasteiger partial charge in [-0.1, -0.05) is 32.6 Å². The molecule has 144 valence electrons. The van der Waals surface area contributed by atoms with Crippen molar-refractivity contribution in [3.8, 4) is 0 Å². The second-order valence-electron chi connectivity index (χ2n) is 5.63. The van der Waals surface area contributed by atoms with E-state index in [4.69, 9.17) is 10.5 Å². The predicted molar refractivity (Wildman–Crippen MR) is 92.5 cm³/mol. The van der Waals surface area contributed by atoms with Gasteiger partial charge < -0.3 is 26.4 Å². The Balaban J connectivity index is 4.24. The van der Waals surface area contributed by atoms with Crippen molar-refractivity contribution in [1.82, 2.24) is 16.0 Å². The fourth-order valence-electron chi connectivity index (χ4n) is 2.08. The molecule has 0 saturated carbocycles. The number of alkyl carbamates (subject to hydrolysis) is 1. The van der Waals surface area contributed by atoms with Crippen molar-refractivity contribution in [3.63, 3.8) is 0 Å². The van der Waals surface area contributed by atoms with E-state index in [0.29, 0.717) is 6.42 Å². The van der Waals surface area contributed by atoms with Gasteiger partial charge in [-0.3, -0.25) is 14.4 Å². The number of hydrogen-bond donors (Lipinski definition) is 4. The summed E-state index contributed by atoms with van der Waals surface area (Å²) in [6.45, 7) is 2.15. The molecule has 0 radical (unpaired) electrons. The van der Waals surface area contributed by atoms with E-state index >= 15 is 0 Å². The maximum absolute atomic E-state index is 12.1. The van der Waals surface area contributed by atoms with Crippen LogP contribution in [0.2, 0.25) is 0 Å². The number of rotatable bonds is 13. The molecule has 0 heterocycles. The Bertz CT molecular complexity index is 442. The highest BCUT2D eigenvalue weighted by Crippen LogP contribution is 2.05. The molecule has 0 saturated heterocycles. The van der Waals surface area contributed by atoms with E-state index in [-0.39, 0.29) is 25.5 Å². The zero-order chi connectivity index (χ0) is 19.1. The number of carbonyl (C=O) groups excluding carboxylic acids is 4. The highest BCUT2D eigenvalue weighted by molar-refractivity contribution is 5.91. The van der Waals surface area contributed by atoms with Crippen molar-refractivity contribution in [2.75, 3.05) is 20.2 Å². The lowest BCUT2D eigenvalue weighted by atomic mass is 10.1. The molecule has 9 heteroatoms. The van der Waals surface area contributed by atoms with Gasteiger partial charge in [-0.25, -0.2) is 4.79 Å². The van der Waals surface area contributed by atoms with E-state index < -0.39 is 23.9 Å². The summed E-state index contributed by atoms with van der Waals surface area (Å²) in [5.74, 6) is -1.52. The van der Waals surface area contributed by atoms with Crippen LogP contribution in [0.1, 0.15) is 51.9 Å². The number of nitrogens with one attached hydrogen (secondary N) is 3. The minimum atomic E-state index is -1.03. The van der Waals surface area contributed by atoms with Crippen LogP contribution in [0.15, 0.2) is 0 Å². The van der Waals surface area contributed by atoms with E-state index in [2.05, 4.69) is 22.9 Å². The van der Waals surface area contributed by atoms with Gasteiger partial charge in [0.05, 0.1) is 13.0 Å². The maximum Gasteiger partial charge on any atom is 0.406 e. The zero-order valence-electron chi connectivity index (χ0n) is 15.1. The molecule has 4 amide bonds. The molecule has 0 bridgehead atoms. The van der Waals surface area contributed by atoms with Crippen molar-refractivity contribution in [1.29, 1.82) is 0 Å². The normalized spacial score (nSPS) is 11.3. The molecule has 0 rings (SSSR count). The Hall–Kier alpha value is -2.32. The zero-order valence-corrected chi connectivity index (χ0v) is 15.1. The van der Waals surface area contributed by atoms with Gasteiger partial charge in [0.25, 0.3) is 0 Å². The van der Waals surface area contributed by atoms with Crippen molar-refractivity contribution in [3.05, 3.63) is 0 Å². The average molecular weight is 358 g/mol. The van der Waals surface area contributed by atoms with Gasteiger partial charge >= 0.3 is 6.09 Å². The lowest BCUT2D eigenvalue weighted by molar-refractivity contribution is -0.131. The Morgan fingerprint density at radius 3 is 2.36 bits per heavy atom. The third-order valence-corrected chi connectivity index (χ3v) is 3.40. The van der Waals surface area contributed by atoms with Crippen LogP contribution in [0.4, 0.5) is 4.79 Å². The van der Waals surface area contributed by atoms with E-state index in [0.717, 1.165) is 32.1 Å². The molecule has 0 aliphatic heterocycles. The molecule has 0 aromatic carbocycles. The maximum atomic E-state index is 12.1. The Morgan fingerprint density at radius 1 is 1.08 bits per heavy atom. The molecule has 5 N–H and O–H groups in total. The third kappa shape index (κ3) is 12.7. The van der Waals surface area contributed by atoms with Crippen molar-refractivity contribution in [2.24, 2.45) is 5.73 Å². The first-order valence-electron chi connectivity index (χ1n) is 8.60. The molecule has 0 fully saturated rings. The number of carbonyl (C=O) groups is 4. The molecule has 9 nitrogen and oxygen atoms in total. The molecule has 0 aliphatic rings. The standard InChI is InChI=1S/C16H30N4O5/c1-3-4-5-6-7-8-14(22)20-12(11-13(17)21)15(23)19-9-10-25-16(24)18-2/h12H,3-11H2,1-2H3,(H2,17,21)(H,18,24)(H,19,23)(H,20,22). The second kappa shape index (κ2) is 14.1. The van der Waals surface area contributed by atoms with Crippen LogP contribution >= 0.6 is 0 Å². The molecular formula is C16H30N4O5. The first kappa shape index (κ1) is 22.7. The molecule has 0 aromatic heterocycles. The lowest BCUT2D eigenvalue weighted by Crippen LogP contribution is -2.49. The van der Waals surface area contributed by atoms with Crippen LogP contribution in [0.3, 0.4) is 0 Å². The summed E-state index contributed by atoms with van der Waals surface area (Å²) in [5.41, 5.74) is 5.13. The SMILES string of the molecule is CCCCCCCC(=O)NC(CC(N)=O)C(=O)NCCOC(=O)NC. The molecule has 25 heavy (non-hydrogen) atoms. The van der Waals surface area contributed by atoms with Gasteiger partial charge in [0, 0.05) is 13.5 Å². The van der Waals surface area contributed by atoms with Crippen LogP contribution < -0.4 is 21.7 Å². The van der Waals surface area contributed by atoms with Crippen LogP contribution in [-0.2, 0) is 19.1 Å². The van der Waals surface area contributed by atoms with E-state index in [1.54, 1.807) is 0 Å². The summed E-state index contributed by atoms with van der Waals surface area (Å²) in [6, 6.07) is -1.03.